The monoisotopic (exact) mass is 297 g/mol. The highest BCUT2D eigenvalue weighted by Gasteiger charge is 2.34. The molecule has 2 rings (SSSR count). The number of carbonyl (C=O) groups excluding carboxylic acids is 1. The van der Waals surface area contributed by atoms with Crippen molar-refractivity contribution in [1.29, 1.82) is 0 Å². The van der Waals surface area contributed by atoms with Gasteiger partial charge in [-0.15, -0.1) is 0 Å². The van der Waals surface area contributed by atoms with Crippen molar-refractivity contribution in [2.75, 3.05) is 6.61 Å². The van der Waals surface area contributed by atoms with Crippen LogP contribution in [-0.2, 0) is 10.9 Å². The molecule has 0 bridgehead atoms. The molecule has 104 valence electrons. The summed E-state index contributed by atoms with van der Waals surface area (Å²) >= 11 is 5.46. The molecule has 1 heterocycles. The van der Waals surface area contributed by atoms with Gasteiger partial charge in [-0.05, 0) is 12.1 Å². The van der Waals surface area contributed by atoms with Gasteiger partial charge in [0.2, 0.25) is 0 Å². The average Bonchev–Trinajstić information content (AvgIpc) is 2.31. The molecule has 19 heavy (non-hydrogen) atoms. The zero-order chi connectivity index (χ0) is 14.2. The Bertz CT molecular complexity index is 518. The van der Waals surface area contributed by atoms with Crippen molar-refractivity contribution in [3.63, 3.8) is 0 Å². The number of benzene rings is 1. The molecule has 1 aliphatic heterocycles. The minimum atomic E-state index is -4.64. The largest absolute Gasteiger partial charge is 0.449 e. The fourth-order valence-electron chi connectivity index (χ4n) is 1.79. The molecule has 1 aliphatic rings. The third-order valence-electron chi connectivity index (χ3n) is 2.69. The number of cyclic esters (lactones) is 1. The van der Waals surface area contributed by atoms with Gasteiger partial charge in [0.25, 0.3) is 0 Å². The SMILES string of the molecule is O=C1N[C@H](c2cc(C(F)(F)F)cc(Cl)c2F)CCO1. The molecule has 0 radical (unpaired) electrons. The van der Waals surface area contributed by atoms with Gasteiger partial charge in [0.1, 0.15) is 5.82 Å². The standard InChI is InChI=1S/C11H8ClF4NO2/c12-7-4-5(11(14,15)16)3-6(9(7)13)8-1-2-19-10(18)17-8/h3-4,8H,1-2H2,(H,17,18)/t8-/m0/s1. The van der Waals surface area contributed by atoms with Gasteiger partial charge in [-0.3, -0.25) is 0 Å². The smallest absolute Gasteiger partial charge is 0.416 e. The maximum Gasteiger partial charge on any atom is 0.416 e. The van der Waals surface area contributed by atoms with E-state index in [2.05, 4.69) is 10.1 Å². The lowest BCUT2D eigenvalue weighted by molar-refractivity contribution is -0.137. The molecule has 1 N–H and O–H groups in total. The van der Waals surface area contributed by atoms with E-state index in [-0.39, 0.29) is 18.6 Å². The van der Waals surface area contributed by atoms with Crippen molar-refractivity contribution in [3.05, 3.63) is 34.1 Å². The van der Waals surface area contributed by atoms with E-state index < -0.39 is 34.7 Å². The second-order valence-corrected chi connectivity index (χ2v) is 4.39. The first-order valence-corrected chi connectivity index (χ1v) is 5.66. The molecular weight excluding hydrogens is 290 g/mol. The van der Waals surface area contributed by atoms with Crippen molar-refractivity contribution in [2.45, 2.75) is 18.6 Å². The van der Waals surface area contributed by atoms with Gasteiger partial charge in [-0.25, -0.2) is 9.18 Å². The zero-order valence-electron chi connectivity index (χ0n) is 9.35. The normalized spacial score (nSPS) is 19.8. The maximum atomic E-state index is 13.8. The predicted molar refractivity (Wildman–Crippen MR) is 58.3 cm³/mol. The molecule has 0 spiro atoms. The summed E-state index contributed by atoms with van der Waals surface area (Å²) in [4.78, 5) is 11.0. The number of amides is 1. The van der Waals surface area contributed by atoms with Crippen LogP contribution in [0.5, 0.6) is 0 Å². The molecule has 1 aromatic rings. The van der Waals surface area contributed by atoms with Gasteiger partial charge < -0.3 is 10.1 Å². The number of hydrogen-bond donors (Lipinski definition) is 1. The molecule has 1 aromatic carbocycles. The van der Waals surface area contributed by atoms with E-state index in [4.69, 9.17) is 11.6 Å². The fraction of sp³-hybridized carbons (Fsp3) is 0.364. The van der Waals surface area contributed by atoms with Gasteiger partial charge in [0.05, 0.1) is 23.2 Å². The van der Waals surface area contributed by atoms with Gasteiger partial charge >= 0.3 is 12.3 Å². The molecule has 8 heteroatoms. The highest BCUT2D eigenvalue weighted by atomic mass is 35.5. The molecular formula is C11H8ClF4NO2. The number of hydrogen-bond acceptors (Lipinski definition) is 2. The van der Waals surface area contributed by atoms with Crippen LogP contribution in [0.15, 0.2) is 12.1 Å². The Balaban J connectivity index is 2.44. The van der Waals surface area contributed by atoms with Gasteiger partial charge in [-0.2, -0.15) is 13.2 Å². The van der Waals surface area contributed by atoms with Crippen LogP contribution in [0.1, 0.15) is 23.6 Å². The minimum Gasteiger partial charge on any atom is -0.449 e. The van der Waals surface area contributed by atoms with Crippen LogP contribution < -0.4 is 5.32 Å². The summed E-state index contributed by atoms with van der Waals surface area (Å²) in [6.45, 7) is 0.00377. The Morgan fingerprint density at radius 2 is 2.05 bits per heavy atom. The van der Waals surface area contributed by atoms with E-state index in [1.807, 2.05) is 0 Å². The quantitative estimate of drug-likeness (QED) is 0.803. The molecule has 0 unspecified atom stereocenters. The first-order chi connectivity index (χ1) is 8.79. The first-order valence-electron chi connectivity index (χ1n) is 5.28. The van der Waals surface area contributed by atoms with E-state index in [1.54, 1.807) is 0 Å². The fourth-order valence-corrected chi connectivity index (χ4v) is 2.01. The summed E-state index contributed by atoms with van der Waals surface area (Å²) in [6.07, 6.45) is -5.27. The van der Waals surface area contributed by atoms with Crippen LogP contribution in [0.3, 0.4) is 0 Å². The summed E-state index contributed by atoms with van der Waals surface area (Å²) < 4.78 is 56.3. The lowest BCUT2D eigenvalue weighted by Gasteiger charge is -2.25. The highest BCUT2D eigenvalue weighted by Crippen LogP contribution is 2.36. The summed E-state index contributed by atoms with van der Waals surface area (Å²) in [7, 11) is 0. The number of ether oxygens (including phenoxy) is 1. The van der Waals surface area contributed by atoms with Gasteiger partial charge in [0, 0.05) is 12.0 Å². The third-order valence-corrected chi connectivity index (χ3v) is 2.97. The molecule has 1 saturated heterocycles. The molecule has 1 amide bonds. The summed E-state index contributed by atoms with van der Waals surface area (Å²) in [6, 6.07) is 0.278. The van der Waals surface area contributed by atoms with Crippen LogP contribution in [-0.4, -0.2) is 12.7 Å². The lowest BCUT2D eigenvalue weighted by Crippen LogP contribution is -2.35. The van der Waals surface area contributed by atoms with Crippen molar-refractivity contribution in [2.24, 2.45) is 0 Å². The average molecular weight is 298 g/mol. The molecule has 0 saturated carbocycles. The Hall–Kier alpha value is -1.50. The molecule has 0 aromatic heterocycles. The molecule has 1 atom stereocenters. The van der Waals surface area contributed by atoms with Crippen molar-refractivity contribution in [1.82, 2.24) is 5.32 Å². The van der Waals surface area contributed by atoms with E-state index in [9.17, 15) is 22.4 Å². The molecule has 0 aliphatic carbocycles. The van der Waals surface area contributed by atoms with E-state index in [0.29, 0.717) is 12.1 Å². The maximum absolute atomic E-state index is 13.8. The number of alkyl halides is 3. The van der Waals surface area contributed by atoms with Crippen LogP contribution in [0.25, 0.3) is 0 Å². The van der Waals surface area contributed by atoms with Crippen LogP contribution >= 0.6 is 11.6 Å². The predicted octanol–water partition coefficient (Wildman–Crippen LogP) is 3.67. The van der Waals surface area contributed by atoms with Crippen molar-refractivity contribution >= 4 is 17.7 Å². The lowest BCUT2D eigenvalue weighted by atomic mass is 10.00. The Morgan fingerprint density at radius 1 is 1.37 bits per heavy atom. The third kappa shape index (κ3) is 2.91. The number of nitrogens with one attached hydrogen (secondary N) is 1. The Morgan fingerprint density at radius 3 is 2.63 bits per heavy atom. The van der Waals surface area contributed by atoms with E-state index in [0.717, 1.165) is 0 Å². The van der Waals surface area contributed by atoms with Gasteiger partial charge in [0.15, 0.2) is 0 Å². The van der Waals surface area contributed by atoms with Crippen molar-refractivity contribution < 1.29 is 27.1 Å². The van der Waals surface area contributed by atoms with E-state index >= 15 is 0 Å². The molecule has 3 nitrogen and oxygen atoms in total. The topological polar surface area (TPSA) is 38.3 Å². The minimum absolute atomic E-state index is 0.00377. The zero-order valence-corrected chi connectivity index (χ0v) is 10.1. The summed E-state index contributed by atoms with van der Waals surface area (Å²) in [5, 5.41) is 1.62. The Labute approximate surface area is 110 Å². The number of rotatable bonds is 1. The summed E-state index contributed by atoms with van der Waals surface area (Å²) in [5.74, 6) is -0.970. The van der Waals surface area contributed by atoms with Gasteiger partial charge in [-0.1, -0.05) is 11.6 Å². The van der Waals surface area contributed by atoms with Crippen LogP contribution in [0.4, 0.5) is 22.4 Å². The first kappa shape index (κ1) is 13.9. The number of alkyl carbamates (subject to hydrolysis) is 1. The Kier molecular flexibility index (Phi) is 3.58. The molecule has 1 fully saturated rings. The number of carbonyl (C=O) groups is 1. The number of halogens is 5. The second kappa shape index (κ2) is 4.88. The second-order valence-electron chi connectivity index (χ2n) is 3.98. The summed E-state index contributed by atoms with van der Waals surface area (Å²) in [5.41, 5.74) is -1.36. The van der Waals surface area contributed by atoms with Crippen LogP contribution in [0, 0.1) is 5.82 Å². The van der Waals surface area contributed by atoms with Crippen LogP contribution in [0.2, 0.25) is 5.02 Å². The highest BCUT2D eigenvalue weighted by molar-refractivity contribution is 6.30. The van der Waals surface area contributed by atoms with Crippen molar-refractivity contribution in [3.8, 4) is 0 Å². The van der Waals surface area contributed by atoms with E-state index in [1.165, 1.54) is 0 Å².